The molecule has 0 spiro atoms. The molecule has 29 heavy (non-hydrogen) atoms. The molecule has 0 unspecified atom stereocenters. The molecule has 0 saturated carbocycles. The van der Waals surface area contributed by atoms with E-state index in [1.54, 1.807) is 16.9 Å². The van der Waals surface area contributed by atoms with Gasteiger partial charge in [-0.05, 0) is 48.7 Å². The molecule has 6 nitrogen and oxygen atoms in total. The summed E-state index contributed by atoms with van der Waals surface area (Å²) in [6.45, 7) is 5.89. The van der Waals surface area contributed by atoms with E-state index in [9.17, 15) is 10.1 Å². The van der Waals surface area contributed by atoms with Crippen LogP contribution in [-0.2, 0) is 7.05 Å². The van der Waals surface area contributed by atoms with E-state index < -0.39 is 0 Å². The molecular weight excluding hydrogens is 362 g/mol. The highest BCUT2D eigenvalue weighted by atomic mass is 16.1. The lowest BCUT2D eigenvalue weighted by molar-refractivity contribution is 0.760. The maximum absolute atomic E-state index is 12.0. The highest BCUT2D eigenvalue weighted by Gasteiger charge is 2.13. The summed E-state index contributed by atoms with van der Waals surface area (Å²) >= 11 is 0. The zero-order valence-corrected chi connectivity index (χ0v) is 16.1. The zero-order chi connectivity index (χ0) is 20.5. The molecule has 0 atom stereocenters. The first-order valence-corrected chi connectivity index (χ1v) is 9.04. The molecule has 1 radical (unpaired) electrons. The van der Waals surface area contributed by atoms with Crippen molar-refractivity contribution in [1.29, 1.82) is 5.26 Å². The number of aromatic amines is 1. The van der Waals surface area contributed by atoms with Crippen LogP contribution < -0.4 is 5.56 Å². The van der Waals surface area contributed by atoms with Gasteiger partial charge in [0.25, 0.3) is 5.56 Å². The maximum Gasteiger partial charge on any atom is 0.272 e. The predicted molar refractivity (Wildman–Crippen MR) is 114 cm³/mol. The number of fused-ring (bicyclic) bond motifs is 1. The van der Waals surface area contributed by atoms with Gasteiger partial charge in [-0.1, -0.05) is 30.3 Å². The molecule has 0 aliphatic carbocycles. The summed E-state index contributed by atoms with van der Waals surface area (Å²) in [6.07, 6.45) is 3.60. The molecular formula is C23H18N5O. The van der Waals surface area contributed by atoms with Crippen molar-refractivity contribution in [2.24, 2.45) is 7.05 Å². The quantitative estimate of drug-likeness (QED) is 0.547. The number of nitrogens with zero attached hydrogens (tertiary/aromatic N) is 4. The van der Waals surface area contributed by atoms with E-state index in [2.05, 4.69) is 28.3 Å². The number of hydrogen-bond acceptors (Lipinski definition) is 4. The van der Waals surface area contributed by atoms with Crippen molar-refractivity contribution >= 4 is 22.4 Å². The van der Waals surface area contributed by atoms with Crippen LogP contribution in [0.4, 0.5) is 0 Å². The van der Waals surface area contributed by atoms with Gasteiger partial charge in [0.15, 0.2) is 0 Å². The number of rotatable bonds is 3. The van der Waals surface area contributed by atoms with E-state index in [0.29, 0.717) is 22.0 Å². The number of allylic oxidation sites excluding steroid dienone is 1. The van der Waals surface area contributed by atoms with Crippen LogP contribution in [0.25, 0.3) is 33.5 Å². The summed E-state index contributed by atoms with van der Waals surface area (Å²) in [5.74, 6) is 0. The van der Waals surface area contributed by atoms with Crippen molar-refractivity contribution in [3.63, 3.8) is 0 Å². The van der Waals surface area contributed by atoms with Crippen LogP contribution in [0.5, 0.6) is 0 Å². The lowest BCUT2D eigenvalue weighted by Crippen LogP contribution is -2.09. The van der Waals surface area contributed by atoms with E-state index in [-0.39, 0.29) is 5.56 Å². The van der Waals surface area contributed by atoms with E-state index in [1.165, 1.54) is 0 Å². The monoisotopic (exact) mass is 380 g/mol. The Hall–Kier alpha value is -3.98. The predicted octanol–water partition coefficient (Wildman–Crippen LogP) is 3.88. The number of nitrogens with one attached hydrogen (secondary N) is 1. The third kappa shape index (κ3) is 3.23. The lowest BCUT2D eigenvalue weighted by atomic mass is 9.98. The molecule has 2 aromatic carbocycles. The number of H-pyrrole nitrogens is 1. The van der Waals surface area contributed by atoms with Gasteiger partial charge in [-0.2, -0.15) is 15.5 Å². The molecule has 4 aromatic rings. The van der Waals surface area contributed by atoms with Gasteiger partial charge < -0.3 is 0 Å². The first kappa shape index (κ1) is 18.4. The molecule has 2 aromatic heterocycles. The third-order valence-corrected chi connectivity index (χ3v) is 5.00. The average Bonchev–Trinajstić information content (AvgIpc) is 3.09. The summed E-state index contributed by atoms with van der Waals surface area (Å²) in [4.78, 5) is 12.0. The van der Waals surface area contributed by atoms with Crippen molar-refractivity contribution < 1.29 is 0 Å². The Kier molecular flexibility index (Phi) is 4.57. The van der Waals surface area contributed by atoms with Gasteiger partial charge in [-0.3, -0.25) is 9.48 Å². The van der Waals surface area contributed by atoms with Crippen molar-refractivity contribution in [1.82, 2.24) is 20.0 Å². The lowest BCUT2D eigenvalue weighted by Gasteiger charge is -2.07. The molecule has 1 N–H and O–H groups in total. The van der Waals surface area contributed by atoms with Crippen molar-refractivity contribution in [2.75, 3.05) is 0 Å². The summed E-state index contributed by atoms with van der Waals surface area (Å²) in [7, 11) is 1.84. The molecule has 0 amide bonds. The van der Waals surface area contributed by atoms with Gasteiger partial charge in [0.05, 0.1) is 34.6 Å². The van der Waals surface area contributed by atoms with E-state index >= 15 is 0 Å². The number of benzene rings is 2. The molecule has 0 saturated heterocycles. The second kappa shape index (κ2) is 7.21. The van der Waals surface area contributed by atoms with Gasteiger partial charge in [-0.15, -0.1) is 0 Å². The van der Waals surface area contributed by atoms with Gasteiger partial charge in [-0.25, -0.2) is 5.10 Å². The van der Waals surface area contributed by atoms with Crippen LogP contribution in [0, 0.1) is 25.2 Å². The fourth-order valence-electron chi connectivity index (χ4n) is 3.41. The molecule has 0 aliphatic rings. The largest absolute Gasteiger partial charge is 0.272 e. The Morgan fingerprint density at radius 3 is 2.79 bits per heavy atom. The average molecular weight is 380 g/mol. The number of aryl methyl sites for hydroxylation is 2. The Labute approximate surface area is 167 Å². The molecule has 0 bridgehead atoms. The first-order valence-electron chi connectivity index (χ1n) is 9.04. The highest BCUT2D eigenvalue weighted by Crippen LogP contribution is 2.30. The topological polar surface area (TPSA) is 87.4 Å². The summed E-state index contributed by atoms with van der Waals surface area (Å²) in [5.41, 5.74) is 5.25. The minimum Gasteiger partial charge on any atom is -0.268 e. The third-order valence-electron chi connectivity index (χ3n) is 5.00. The summed E-state index contributed by atoms with van der Waals surface area (Å²) < 4.78 is 1.73. The molecule has 4 rings (SSSR count). The first-order chi connectivity index (χ1) is 14.0. The van der Waals surface area contributed by atoms with Crippen LogP contribution in [0.3, 0.4) is 0 Å². The standard InChI is InChI=1S/C23H18N5O/c1-14-6-4-5-7-18(14)17(12-24)11-22-21(13-25-28(22)3)16-8-9-19-20(10-16)15(2)26-27-23(19)29/h4-11,13H,2H2,1,3H3,(H,27,29). The van der Waals surface area contributed by atoms with Crippen LogP contribution in [0.15, 0.2) is 53.5 Å². The zero-order valence-electron chi connectivity index (χ0n) is 16.1. The van der Waals surface area contributed by atoms with E-state index in [0.717, 1.165) is 27.9 Å². The molecule has 6 heteroatoms. The fraction of sp³-hybridized carbons (Fsp3) is 0.0870. The Balaban J connectivity index is 1.90. The molecule has 2 heterocycles. The number of nitriles is 1. The Bertz CT molecular complexity index is 1370. The van der Waals surface area contributed by atoms with Gasteiger partial charge >= 0.3 is 0 Å². The maximum atomic E-state index is 12.0. The highest BCUT2D eigenvalue weighted by molar-refractivity contribution is 5.94. The van der Waals surface area contributed by atoms with Crippen LogP contribution >= 0.6 is 0 Å². The SMILES string of the molecule is [CH2]c1n[nH]c(=O)c2ccc(-c3cnn(C)c3C=C(C#N)c3ccccc3C)cc12. The fourth-order valence-corrected chi connectivity index (χ4v) is 3.41. The molecule has 0 fully saturated rings. The van der Waals surface area contributed by atoms with Crippen molar-refractivity contribution in [2.45, 2.75) is 6.92 Å². The smallest absolute Gasteiger partial charge is 0.268 e. The van der Waals surface area contributed by atoms with Crippen molar-refractivity contribution in [3.8, 4) is 17.2 Å². The van der Waals surface area contributed by atoms with Gasteiger partial charge in [0.2, 0.25) is 0 Å². The van der Waals surface area contributed by atoms with E-state index in [1.807, 2.05) is 56.4 Å². The Morgan fingerprint density at radius 1 is 1.24 bits per heavy atom. The second-order valence-corrected chi connectivity index (χ2v) is 6.81. The Morgan fingerprint density at radius 2 is 2.03 bits per heavy atom. The minimum absolute atomic E-state index is 0.253. The van der Waals surface area contributed by atoms with Gasteiger partial charge in [0.1, 0.15) is 0 Å². The number of aromatic nitrogens is 4. The van der Waals surface area contributed by atoms with E-state index in [4.69, 9.17) is 0 Å². The normalized spacial score (nSPS) is 11.6. The second-order valence-electron chi connectivity index (χ2n) is 6.81. The molecule has 141 valence electrons. The van der Waals surface area contributed by atoms with Crippen LogP contribution in [0.2, 0.25) is 0 Å². The van der Waals surface area contributed by atoms with Crippen LogP contribution in [-0.4, -0.2) is 20.0 Å². The van der Waals surface area contributed by atoms with Crippen molar-refractivity contribution in [3.05, 3.63) is 88.5 Å². The molecule has 0 aliphatic heterocycles. The summed E-state index contributed by atoms with van der Waals surface area (Å²) in [5, 5.41) is 21.8. The van der Waals surface area contributed by atoms with Gasteiger partial charge in [0, 0.05) is 18.0 Å². The number of hydrogen-bond donors (Lipinski definition) is 1. The van der Waals surface area contributed by atoms with Crippen LogP contribution in [0.1, 0.15) is 22.5 Å². The summed E-state index contributed by atoms with van der Waals surface area (Å²) in [6, 6.07) is 15.6. The minimum atomic E-state index is -0.253.